The maximum Gasteiger partial charge on any atom is 0.119 e. The van der Waals surface area contributed by atoms with E-state index in [1.165, 1.54) is 0 Å². The number of hydrogen-bond donors (Lipinski definition) is 1. The number of rotatable bonds is 4. The molecule has 0 amide bonds. The second-order valence-electron chi connectivity index (χ2n) is 4.87. The summed E-state index contributed by atoms with van der Waals surface area (Å²) in [6.45, 7) is 5.94. The van der Waals surface area contributed by atoms with Gasteiger partial charge in [0.15, 0.2) is 0 Å². The molecular weight excluding hydrogens is 238 g/mol. The van der Waals surface area contributed by atoms with Gasteiger partial charge in [0.1, 0.15) is 11.9 Å². The summed E-state index contributed by atoms with van der Waals surface area (Å²) in [5.74, 6) is 0.814. The molecule has 0 spiro atoms. The third-order valence-corrected chi connectivity index (χ3v) is 2.94. The molecule has 1 heterocycles. The monoisotopic (exact) mass is 257 g/mol. The number of pyridine rings is 1. The van der Waals surface area contributed by atoms with Crippen molar-refractivity contribution < 1.29 is 9.84 Å². The lowest BCUT2D eigenvalue weighted by Crippen LogP contribution is -2.06. The second-order valence-corrected chi connectivity index (χ2v) is 4.87. The van der Waals surface area contributed by atoms with Crippen LogP contribution in [0, 0.1) is 6.92 Å². The highest BCUT2D eigenvalue weighted by Gasteiger charge is 2.13. The fourth-order valence-corrected chi connectivity index (χ4v) is 1.94. The molecule has 0 aliphatic rings. The highest BCUT2D eigenvalue weighted by atomic mass is 16.5. The smallest absolute Gasteiger partial charge is 0.119 e. The van der Waals surface area contributed by atoms with Gasteiger partial charge < -0.3 is 9.84 Å². The average molecular weight is 257 g/mol. The van der Waals surface area contributed by atoms with Crippen LogP contribution in [-0.2, 0) is 0 Å². The van der Waals surface area contributed by atoms with Gasteiger partial charge in [-0.15, -0.1) is 0 Å². The molecule has 3 nitrogen and oxygen atoms in total. The molecular formula is C16H19NO2. The first kappa shape index (κ1) is 13.6. The molecule has 1 N–H and O–H groups in total. The third kappa shape index (κ3) is 3.32. The molecule has 2 aromatic rings. The van der Waals surface area contributed by atoms with Crippen molar-refractivity contribution >= 4 is 0 Å². The maximum atomic E-state index is 10.4. The van der Waals surface area contributed by atoms with Crippen LogP contribution >= 0.6 is 0 Å². The van der Waals surface area contributed by atoms with Crippen LogP contribution < -0.4 is 4.74 Å². The number of aromatic nitrogens is 1. The third-order valence-electron chi connectivity index (χ3n) is 2.94. The lowest BCUT2D eigenvalue weighted by molar-refractivity contribution is 0.218. The van der Waals surface area contributed by atoms with Crippen LogP contribution in [0.25, 0.3) is 0 Å². The van der Waals surface area contributed by atoms with E-state index in [4.69, 9.17) is 4.74 Å². The summed E-state index contributed by atoms with van der Waals surface area (Å²) in [7, 11) is 0. The zero-order valence-electron chi connectivity index (χ0n) is 11.5. The minimum atomic E-state index is -0.651. The SMILES string of the molecule is Cc1ccncc1C(O)c1ccc(OC(C)C)cc1. The Morgan fingerprint density at radius 2 is 1.79 bits per heavy atom. The van der Waals surface area contributed by atoms with Crippen molar-refractivity contribution in [3.63, 3.8) is 0 Å². The van der Waals surface area contributed by atoms with Gasteiger partial charge >= 0.3 is 0 Å². The summed E-state index contributed by atoms with van der Waals surface area (Å²) in [5, 5.41) is 10.4. The van der Waals surface area contributed by atoms with Gasteiger partial charge in [0.2, 0.25) is 0 Å². The van der Waals surface area contributed by atoms with Gasteiger partial charge in [-0.05, 0) is 50.1 Å². The Bertz CT molecular complexity index is 535. The minimum Gasteiger partial charge on any atom is -0.491 e. The Hall–Kier alpha value is -1.87. The van der Waals surface area contributed by atoms with Gasteiger partial charge in [-0.25, -0.2) is 0 Å². The molecule has 0 saturated heterocycles. The zero-order chi connectivity index (χ0) is 13.8. The molecule has 0 saturated carbocycles. The first-order valence-electron chi connectivity index (χ1n) is 6.43. The predicted molar refractivity (Wildman–Crippen MR) is 75.2 cm³/mol. The molecule has 3 heteroatoms. The van der Waals surface area contributed by atoms with Crippen LogP contribution in [0.5, 0.6) is 5.75 Å². The summed E-state index contributed by atoms with van der Waals surface area (Å²) in [6, 6.07) is 9.42. The summed E-state index contributed by atoms with van der Waals surface area (Å²) >= 11 is 0. The molecule has 0 radical (unpaired) electrons. The van der Waals surface area contributed by atoms with Crippen molar-refractivity contribution in [2.24, 2.45) is 0 Å². The highest BCUT2D eigenvalue weighted by Crippen LogP contribution is 2.25. The Morgan fingerprint density at radius 1 is 1.11 bits per heavy atom. The summed E-state index contributed by atoms with van der Waals surface area (Å²) in [5.41, 5.74) is 2.71. The van der Waals surface area contributed by atoms with Gasteiger partial charge in [0.05, 0.1) is 6.10 Å². The lowest BCUT2D eigenvalue weighted by Gasteiger charge is -2.15. The molecule has 0 bridgehead atoms. The van der Waals surface area contributed by atoms with Crippen LogP contribution in [-0.4, -0.2) is 16.2 Å². The zero-order valence-corrected chi connectivity index (χ0v) is 11.5. The van der Waals surface area contributed by atoms with E-state index in [9.17, 15) is 5.11 Å². The van der Waals surface area contributed by atoms with Crippen molar-refractivity contribution in [1.29, 1.82) is 0 Å². The molecule has 100 valence electrons. The molecule has 1 aromatic carbocycles. The fourth-order valence-electron chi connectivity index (χ4n) is 1.94. The summed E-state index contributed by atoms with van der Waals surface area (Å²) in [6.07, 6.45) is 2.93. The van der Waals surface area contributed by atoms with E-state index >= 15 is 0 Å². The number of hydrogen-bond acceptors (Lipinski definition) is 3. The number of aliphatic hydroxyl groups is 1. The number of benzene rings is 1. The molecule has 0 aliphatic heterocycles. The van der Waals surface area contributed by atoms with E-state index in [0.717, 1.165) is 22.4 Å². The largest absolute Gasteiger partial charge is 0.491 e. The Balaban J connectivity index is 2.20. The average Bonchev–Trinajstić information content (AvgIpc) is 2.39. The van der Waals surface area contributed by atoms with Crippen molar-refractivity contribution in [2.45, 2.75) is 33.0 Å². The van der Waals surface area contributed by atoms with Gasteiger partial charge in [-0.2, -0.15) is 0 Å². The van der Waals surface area contributed by atoms with Crippen LogP contribution in [0.15, 0.2) is 42.7 Å². The van der Waals surface area contributed by atoms with Crippen LogP contribution in [0.1, 0.15) is 36.6 Å². The molecule has 1 atom stereocenters. The number of nitrogens with zero attached hydrogens (tertiary/aromatic N) is 1. The van der Waals surface area contributed by atoms with Crippen molar-refractivity contribution in [3.8, 4) is 5.75 Å². The summed E-state index contributed by atoms with van der Waals surface area (Å²) in [4.78, 5) is 4.06. The number of aliphatic hydroxyl groups excluding tert-OH is 1. The van der Waals surface area contributed by atoms with Gasteiger partial charge in [-0.1, -0.05) is 12.1 Å². The Kier molecular flexibility index (Phi) is 4.17. The van der Waals surface area contributed by atoms with Crippen LogP contribution in [0.2, 0.25) is 0 Å². The van der Waals surface area contributed by atoms with Gasteiger partial charge in [0.25, 0.3) is 0 Å². The Morgan fingerprint density at radius 3 is 2.37 bits per heavy atom. The first-order chi connectivity index (χ1) is 9.08. The van der Waals surface area contributed by atoms with Crippen molar-refractivity contribution in [3.05, 3.63) is 59.4 Å². The summed E-state index contributed by atoms with van der Waals surface area (Å²) < 4.78 is 5.58. The highest BCUT2D eigenvalue weighted by molar-refractivity contribution is 5.36. The van der Waals surface area contributed by atoms with E-state index in [1.807, 2.05) is 51.1 Å². The van der Waals surface area contributed by atoms with Crippen molar-refractivity contribution in [1.82, 2.24) is 4.98 Å². The van der Waals surface area contributed by atoms with Crippen molar-refractivity contribution in [2.75, 3.05) is 0 Å². The minimum absolute atomic E-state index is 0.149. The van der Waals surface area contributed by atoms with E-state index in [1.54, 1.807) is 12.4 Å². The quantitative estimate of drug-likeness (QED) is 0.914. The predicted octanol–water partition coefficient (Wildman–Crippen LogP) is 3.26. The maximum absolute atomic E-state index is 10.4. The lowest BCUT2D eigenvalue weighted by atomic mass is 9.99. The van der Waals surface area contributed by atoms with Crippen LogP contribution in [0.3, 0.4) is 0 Å². The molecule has 0 fully saturated rings. The van der Waals surface area contributed by atoms with E-state index in [2.05, 4.69) is 4.98 Å². The molecule has 0 aliphatic carbocycles. The number of aryl methyl sites for hydroxylation is 1. The number of ether oxygens (including phenoxy) is 1. The standard InChI is InChI=1S/C16H19NO2/c1-11(2)19-14-6-4-13(5-7-14)16(18)15-10-17-9-8-12(15)3/h4-11,16,18H,1-3H3. The molecule has 1 aromatic heterocycles. The van der Waals surface area contributed by atoms with Crippen LogP contribution in [0.4, 0.5) is 0 Å². The van der Waals surface area contributed by atoms with E-state index in [0.29, 0.717) is 0 Å². The van der Waals surface area contributed by atoms with Gasteiger partial charge in [-0.3, -0.25) is 4.98 Å². The van der Waals surface area contributed by atoms with Gasteiger partial charge in [0, 0.05) is 18.0 Å². The van der Waals surface area contributed by atoms with E-state index in [-0.39, 0.29) is 6.10 Å². The normalized spacial score (nSPS) is 12.5. The fraction of sp³-hybridized carbons (Fsp3) is 0.312. The molecule has 19 heavy (non-hydrogen) atoms. The Labute approximate surface area is 113 Å². The van der Waals surface area contributed by atoms with E-state index < -0.39 is 6.10 Å². The topological polar surface area (TPSA) is 42.4 Å². The molecule has 1 unspecified atom stereocenters. The second kappa shape index (κ2) is 5.85. The first-order valence-corrected chi connectivity index (χ1v) is 6.43. The molecule has 2 rings (SSSR count).